The highest BCUT2D eigenvalue weighted by Crippen LogP contribution is 2.04. The molecular weight excluding hydrogens is 246 g/mol. The number of hydroxylamine groups is 1. The first kappa shape index (κ1) is 15.2. The molecule has 0 saturated carbocycles. The molecule has 0 aliphatic heterocycles. The molecule has 0 aromatic heterocycles. The molecule has 1 rings (SSSR count). The number of benzene rings is 1. The van der Waals surface area contributed by atoms with Gasteiger partial charge in [-0.15, -0.1) is 0 Å². The summed E-state index contributed by atoms with van der Waals surface area (Å²) >= 11 is 0. The number of carbonyl (C=O) groups excluding carboxylic acids is 2. The van der Waals surface area contributed by atoms with Crippen LogP contribution in [0.4, 0.5) is 0 Å². The van der Waals surface area contributed by atoms with E-state index in [1.807, 2.05) is 35.8 Å². The van der Waals surface area contributed by atoms with Crippen molar-refractivity contribution in [1.29, 1.82) is 0 Å². The normalized spacial score (nSPS) is 9.89. The Bertz CT molecular complexity index is 367. The molecule has 0 aliphatic rings. The summed E-state index contributed by atoms with van der Waals surface area (Å²) in [6.07, 6.45) is 3.16. The van der Waals surface area contributed by atoms with Crippen molar-refractivity contribution in [3.63, 3.8) is 0 Å². The minimum atomic E-state index is -0.419. The fourth-order valence-corrected chi connectivity index (χ4v) is 1.56. The topological polar surface area (TPSA) is 64.6 Å². The summed E-state index contributed by atoms with van der Waals surface area (Å²) in [4.78, 5) is 25.3. The molecule has 0 spiro atoms. The van der Waals surface area contributed by atoms with Crippen LogP contribution in [0.5, 0.6) is 0 Å². The molecule has 0 radical (unpaired) electrons. The van der Waals surface area contributed by atoms with Gasteiger partial charge in [-0.05, 0) is 18.4 Å². The Kier molecular flexibility index (Phi) is 8.05. The van der Waals surface area contributed by atoms with Crippen LogP contribution in [0, 0.1) is 0 Å². The Morgan fingerprint density at radius 2 is 1.95 bits per heavy atom. The standard InChI is InChI=1S/C14H19NO4/c16-12-15-19-14(17)9-5-2-6-10-18-11-13-7-3-1-4-8-13/h1,3-4,7-8,12H,2,5-6,9-11H2,(H,15,16). The molecule has 5 nitrogen and oxygen atoms in total. The van der Waals surface area contributed by atoms with Crippen LogP contribution in [-0.4, -0.2) is 19.0 Å². The molecule has 19 heavy (non-hydrogen) atoms. The molecule has 0 saturated heterocycles. The van der Waals surface area contributed by atoms with Crippen molar-refractivity contribution in [2.45, 2.75) is 32.3 Å². The Morgan fingerprint density at radius 3 is 2.68 bits per heavy atom. The number of unbranched alkanes of at least 4 members (excludes halogenated alkanes) is 2. The second-order valence-electron chi connectivity index (χ2n) is 4.06. The summed E-state index contributed by atoms with van der Waals surface area (Å²) in [6.45, 7) is 1.29. The van der Waals surface area contributed by atoms with Crippen LogP contribution in [0.2, 0.25) is 0 Å². The van der Waals surface area contributed by atoms with E-state index >= 15 is 0 Å². The Labute approximate surface area is 112 Å². The highest BCUT2D eigenvalue weighted by molar-refractivity contribution is 5.69. The van der Waals surface area contributed by atoms with Gasteiger partial charge in [-0.25, -0.2) is 4.79 Å². The van der Waals surface area contributed by atoms with Crippen molar-refractivity contribution in [3.8, 4) is 0 Å². The smallest absolute Gasteiger partial charge is 0.332 e. The lowest BCUT2D eigenvalue weighted by atomic mass is 10.2. The molecular formula is C14H19NO4. The van der Waals surface area contributed by atoms with Crippen LogP contribution in [0.15, 0.2) is 30.3 Å². The first-order valence-electron chi connectivity index (χ1n) is 6.33. The predicted molar refractivity (Wildman–Crippen MR) is 69.9 cm³/mol. The number of nitrogens with one attached hydrogen (secondary N) is 1. The van der Waals surface area contributed by atoms with Crippen LogP contribution in [0.3, 0.4) is 0 Å². The molecule has 1 aromatic rings. The summed E-state index contributed by atoms with van der Waals surface area (Å²) in [5, 5.41) is 0. The van der Waals surface area contributed by atoms with Gasteiger partial charge in [-0.1, -0.05) is 36.8 Å². The summed E-state index contributed by atoms with van der Waals surface area (Å²) in [7, 11) is 0. The first-order valence-corrected chi connectivity index (χ1v) is 6.33. The van der Waals surface area contributed by atoms with E-state index in [4.69, 9.17) is 4.74 Å². The second-order valence-corrected chi connectivity index (χ2v) is 4.06. The Hall–Kier alpha value is -1.88. The van der Waals surface area contributed by atoms with E-state index in [1.165, 1.54) is 0 Å². The van der Waals surface area contributed by atoms with Crippen molar-refractivity contribution in [3.05, 3.63) is 35.9 Å². The summed E-state index contributed by atoms with van der Waals surface area (Å²) in [5.41, 5.74) is 3.03. The molecule has 0 fully saturated rings. The highest BCUT2D eigenvalue weighted by atomic mass is 16.7. The SMILES string of the molecule is O=CNOC(=O)CCCCCOCc1ccccc1. The van der Waals surface area contributed by atoms with Crippen LogP contribution in [-0.2, 0) is 25.8 Å². The lowest BCUT2D eigenvalue weighted by molar-refractivity contribution is -0.154. The third-order valence-electron chi connectivity index (χ3n) is 2.50. The summed E-state index contributed by atoms with van der Waals surface area (Å²) in [5.74, 6) is -0.419. The van der Waals surface area contributed by atoms with Crippen LogP contribution in [0.25, 0.3) is 0 Å². The van der Waals surface area contributed by atoms with E-state index in [9.17, 15) is 9.59 Å². The zero-order valence-corrected chi connectivity index (χ0v) is 10.8. The highest BCUT2D eigenvalue weighted by Gasteiger charge is 2.01. The van der Waals surface area contributed by atoms with Gasteiger partial charge in [-0.3, -0.25) is 4.79 Å². The monoisotopic (exact) mass is 265 g/mol. The fraction of sp³-hybridized carbons (Fsp3) is 0.429. The van der Waals surface area contributed by atoms with E-state index in [0.717, 1.165) is 24.8 Å². The third-order valence-corrected chi connectivity index (χ3v) is 2.50. The minimum Gasteiger partial charge on any atom is -0.377 e. The van der Waals surface area contributed by atoms with E-state index in [1.54, 1.807) is 0 Å². The van der Waals surface area contributed by atoms with Gasteiger partial charge in [0.1, 0.15) is 0 Å². The van der Waals surface area contributed by atoms with Gasteiger partial charge in [0.2, 0.25) is 6.41 Å². The molecule has 1 N–H and O–H groups in total. The number of carbonyl (C=O) groups is 2. The third kappa shape index (κ3) is 7.94. The van der Waals surface area contributed by atoms with E-state index in [-0.39, 0.29) is 0 Å². The minimum absolute atomic E-state index is 0.305. The van der Waals surface area contributed by atoms with Gasteiger partial charge in [0.15, 0.2) is 0 Å². The Balaban J connectivity index is 1.91. The Morgan fingerprint density at radius 1 is 1.16 bits per heavy atom. The van der Waals surface area contributed by atoms with Crippen molar-refractivity contribution >= 4 is 12.4 Å². The molecule has 0 atom stereocenters. The summed E-state index contributed by atoms with van der Waals surface area (Å²) in [6, 6.07) is 9.99. The molecule has 1 amide bonds. The van der Waals surface area contributed by atoms with Gasteiger partial charge in [0.25, 0.3) is 0 Å². The van der Waals surface area contributed by atoms with Gasteiger partial charge in [0, 0.05) is 13.0 Å². The van der Waals surface area contributed by atoms with Crippen LogP contribution >= 0.6 is 0 Å². The molecule has 5 heteroatoms. The van der Waals surface area contributed by atoms with Crippen LogP contribution in [0.1, 0.15) is 31.2 Å². The van der Waals surface area contributed by atoms with Crippen molar-refractivity contribution < 1.29 is 19.2 Å². The number of amides is 1. The quantitative estimate of drug-likeness (QED) is 0.399. The zero-order chi connectivity index (χ0) is 13.8. The maximum absolute atomic E-state index is 11.0. The van der Waals surface area contributed by atoms with Crippen molar-refractivity contribution in [2.24, 2.45) is 0 Å². The molecule has 0 unspecified atom stereocenters. The average Bonchev–Trinajstić information content (AvgIpc) is 2.45. The number of hydrogen-bond acceptors (Lipinski definition) is 4. The number of ether oxygens (including phenoxy) is 1. The molecule has 1 aromatic carbocycles. The molecule has 0 heterocycles. The number of hydrogen-bond donors (Lipinski definition) is 1. The lowest BCUT2D eigenvalue weighted by Crippen LogP contribution is -2.17. The zero-order valence-electron chi connectivity index (χ0n) is 10.8. The maximum atomic E-state index is 11.0. The van der Waals surface area contributed by atoms with E-state index in [0.29, 0.717) is 26.0 Å². The molecule has 0 bridgehead atoms. The first-order chi connectivity index (χ1) is 9.33. The average molecular weight is 265 g/mol. The predicted octanol–water partition coefficient (Wildman–Crippen LogP) is 1.97. The van der Waals surface area contributed by atoms with Gasteiger partial charge < -0.3 is 9.57 Å². The van der Waals surface area contributed by atoms with E-state index in [2.05, 4.69) is 4.84 Å². The summed E-state index contributed by atoms with van der Waals surface area (Å²) < 4.78 is 5.52. The van der Waals surface area contributed by atoms with Gasteiger partial charge >= 0.3 is 5.97 Å². The van der Waals surface area contributed by atoms with E-state index < -0.39 is 5.97 Å². The molecule has 104 valence electrons. The fourth-order valence-electron chi connectivity index (χ4n) is 1.56. The van der Waals surface area contributed by atoms with Crippen molar-refractivity contribution in [1.82, 2.24) is 5.48 Å². The van der Waals surface area contributed by atoms with Gasteiger partial charge in [0.05, 0.1) is 6.61 Å². The lowest BCUT2D eigenvalue weighted by Gasteiger charge is -2.04. The second kappa shape index (κ2) is 10.1. The number of rotatable bonds is 10. The molecule has 0 aliphatic carbocycles. The van der Waals surface area contributed by atoms with Gasteiger partial charge in [-0.2, -0.15) is 5.48 Å². The van der Waals surface area contributed by atoms with Crippen LogP contribution < -0.4 is 5.48 Å². The maximum Gasteiger partial charge on any atom is 0.332 e. The van der Waals surface area contributed by atoms with Crippen molar-refractivity contribution in [2.75, 3.05) is 6.61 Å². The largest absolute Gasteiger partial charge is 0.377 e.